The zero-order valence-corrected chi connectivity index (χ0v) is 18.0. The second-order valence-electron chi connectivity index (χ2n) is 8.08. The lowest BCUT2D eigenvalue weighted by Crippen LogP contribution is -2.46. The number of nitrogens with zero attached hydrogens (tertiary/aromatic N) is 3. The molecule has 2 aliphatic rings. The lowest BCUT2D eigenvalue weighted by atomic mass is 9.72. The van der Waals surface area contributed by atoms with Crippen molar-refractivity contribution in [2.75, 3.05) is 21.2 Å². The van der Waals surface area contributed by atoms with Gasteiger partial charge >= 0.3 is 0 Å². The molecule has 0 saturated carbocycles. The molecule has 2 N–H and O–H groups in total. The second kappa shape index (κ2) is 8.29. The molecule has 158 valence electrons. The van der Waals surface area contributed by atoms with Crippen LogP contribution in [0.15, 0.2) is 77.3 Å². The first-order valence-corrected chi connectivity index (χ1v) is 10.3. The number of hydrogen-bond acceptors (Lipinski definition) is 6. The number of carbonyl (C=O) groups is 1. The fraction of sp³-hybridized carbons (Fsp3) is 0.280. The van der Waals surface area contributed by atoms with Crippen molar-refractivity contribution < 1.29 is 9.53 Å². The van der Waals surface area contributed by atoms with Crippen molar-refractivity contribution in [1.82, 2.24) is 10.0 Å². The first kappa shape index (κ1) is 20.7. The number of ether oxygens (including phenoxy) is 1. The molecule has 1 aliphatic heterocycles. The minimum atomic E-state index is -0.480. The Balaban J connectivity index is 1.87. The molecule has 0 radical (unpaired) electrons. The van der Waals surface area contributed by atoms with Crippen molar-refractivity contribution in [3.8, 4) is 11.8 Å². The van der Waals surface area contributed by atoms with E-state index in [0.717, 1.165) is 22.6 Å². The van der Waals surface area contributed by atoms with Crippen molar-refractivity contribution in [3.63, 3.8) is 0 Å². The van der Waals surface area contributed by atoms with E-state index in [1.165, 1.54) is 0 Å². The van der Waals surface area contributed by atoms with E-state index in [0.29, 0.717) is 29.8 Å². The molecule has 0 aromatic heterocycles. The average molecular weight is 415 g/mol. The van der Waals surface area contributed by atoms with Gasteiger partial charge in [-0.3, -0.25) is 9.80 Å². The Bertz CT molecular complexity index is 1090. The zero-order chi connectivity index (χ0) is 22.1. The van der Waals surface area contributed by atoms with E-state index in [1.54, 1.807) is 7.11 Å². The molecule has 0 spiro atoms. The highest BCUT2D eigenvalue weighted by Crippen LogP contribution is 2.48. The van der Waals surface area contributed by atoms with Gasteiger partial charge in [0.25, 0.3) is 0 Å². The number of benzene rings is 2. The van der Waals surface area contributed by atoms with Crippen LogP contribution in [0, 0.1) is 11.3 Å². The predicted octanol–water partition coefficient (Wildman–Crippen LogP) is 3.67. The highest BCUT2D eigenvalue weighted by atomic mass is 16.5. The molecule has 1 heterocycles. The lowest BCUT2D eigenvalue weighted by Gasteiger charge is -2.43. The largest absolute Gasteiger partial charge is 0.497 e. The summed E-state index contributed by atoms with van der Waals surface area (Å²) in [6.07, 6.45) is 1.09. The number of carbonyl (C=O) groups excluding carboxylic acids is 1. The van der Waals surface area contributed by atoms with Crippen LogP contribution in [0.3, 0.4) is 0 Å². The molecule has 0 fully saturated rings. The Morgan fingerprint density at radius 1 is 1.06 bits per heavy atom. The zero-order valence-electron chi connectivity index (χ0n) is 18.0. The van der Waals surface area contributed by atoms with Gasteiger partial charge in [0.2, 0.25) is 0 Å². The monoisotopic (exact) mass is 414 g/mol. The van der Waals surface area contributed by atoms with Crippen LogP contribution < -0.4 is 10.5 Å². The number of allylic oxidation sites excluding steroid dienone is 3. The van der Waals surface area contributed by atoms with Crippen molar-refractivity contribution >= 4 is 5.78 Å². The SMILES string of the molecule is COc1ccc(C2C(C#N)=C(N)N(N(C)C)C3=C2C(=O)CC(c2ccccc2)C3)cc1. The number of ketones is 1. The van der Waals surface area contributed by atoms with Gasteiger partial charge in [-0.05, 0) is 35.6 Å². The number of rotatable bonds is 4. The summed E-state index contributed by atoms with van der Waals surface area (Å²) >= 11 is 0. The van der Waals surface area contributed by atoms with Gasteiger partial charge in [-0.25, -0.2) is 5.01 Å². The molecular formula is C25H26N4O2. The van der Waals surface area contributed by atoms with E-state index in [-0.39, 0.29) is 11.7 Å². The molecule has 0 amide bonds. The Morgan fingerprint density at radius 2 is 1.74 bits per heavy atom. The van der Waals surface area contributed by atoms with Gasteiger partial charge in [-0.1, -0.05) is 42.5 Å². The van der Waals surface area contributed by atoms with Gasteiger partial charge in [-0.15, -0.1) is 0 Å². The normalized spacial score (nSPS) is 21.3. The number of methoxy groups -OCH3 is 1. The molecule has 2 aromatic carbocycles. The standard InChI is InChI=1S/C25H26N4O2/c1-28(2)29-21-13-18(16-7-5-4-6-8-16)14-22(30)24(21)23(20(15-26)25(29)27)17-9-11-19(31-3)12-10-17/h4-12,18,23H,13-14,27H2,1-3H3. The minimum absolute atomic E-state index is 0.0584. The van der Waals surface area contributed by atoms with Crippen molar-refractivity contribution in [2.24, 2.45) is 5.73 Å². The van der Waals surface area contributed by atoms with Crippen LogP contribution in [-0.4, -0.2) is 37.0 Å². The summed E-state index contributed by atoms with van der Waals surface area (Å²) in [4.78, 5) is 13.6. The number of hydrogen-bond donors (Lipinski definition) is 1. The minimum Gasteiger partial charge on any atom is -0.497 e. The number of nitrogens with two attached hydrogens (primary N) is 1. The second-order valence-corrected chi connectivity index (χ2v) is 8.08. The van der Waals surface area contributed by atoms with E-state index in [9.17, 15) is 10.1 Å². The molecule has 6 heteroatoms. The summed E-state index contributed by atoms with van der Waals surface area (Å²) in [6, 6.07) is 19.9. The average Bonchev–Trinajstić information content (AvgIpc) is 2.78. The maximum Gasteiger partial charge on any atom is 0.162 e. The summed E-state index contributed by atoms with van der Waals surface area (Å²) in [5, 5.41) is 13.7. The summed E-state index contributed by atoms with van der Waals surface area (Å²) in [6.45, 7) is 0. The first-order chi connectivity index (χ1) is 15.0. The van der Waals surface area contributed by atoms with Crippen LogP contribution in [0.2, 0.25) is 0 Å². The Labute approximate surface area is 182 Å². The number of Topliss-reactive ketones (excluding diaryl/α,β-unsaturated/α-hetero) is 1. The van der Waals surface area contributed by atoms with E-state index >= 15 is 0 Å². The van der Waals surface area contributed by atoms with Crippen LogP contribution in [0.5, 0.6) is 5.75 Å². The highest BCUT2D eigenvalue weighted by Gasteiger charge is 2.43. The third kappa shape index (κ3) is 3.58. The molecule has 2 atom stereocenters. The summed E-state index contributed by atoms with van der Waals surface area (Å²) in [7, 11) is 5.35. The maximum atomic E-state index is 13.6. The lowest BCUT2D eigenvalue weighted by molar-refractivity contribution is -0.117. The van der Waals surface area contributed by atoms with E-state index < -0.39 is 5.92 Å². The van der Waals surface area contributed by atoms with Gasteiger partial charge in [0.05, 0.1) is 24.7 Å². The fourth-order valence-corrected chi connectivity index (χ4v) is 4.66. The fourth-order valence-electron chi connectivity index (χ4n) is 4.66. The molecular weight excluding hydrogens is 388 g/mol. The number of nitriles is 1. The van der Waals surface area contributed by atoms with Gasteiger partial charge in [0.15, 0.2) is 5.78 Å². The van der Waals surface area contributed by atoms with E-state index in [1.807, 2.05) is 66.6 Å². The van der Waals surface area contributed by atoms with Crippen LogP contribution in [0.1, 0.15) is 35.8 Å². The van der Waals surface area contributed by atoms with Crippen LogP contribution >= 0.6 is 0 Å². The molecule has 1 aliphatic carbocycles. The summed E-state index contributed by atoms with van der Waals surface area (Å²) in [5.74, 6) is 0.740. The maximum absolute atomic E-state index is 13.6. The van der Waals surface area contributed by atoms with E-state index in [4.69, 9.17) is 10.5 Å². The molecule has 2 unspecified atom stereocenters. The first-order valence-electron chi connectivity index (χ1n) is 10.3. The smallest absolute Gasteiger partial charge is 0.162 e. The van der Waals surface area contributed by atoms with Crippen molar-refractivity contribution in [2.45, 2.75) is 24.7 Å². The highest BCUT2D eigenvalue weighted by molar-refractivity contribution is 6.00. The summed E-state index contributed by atoms with van der Waals surface area (Å²) in [5.41, 5.74) is 10.4. The van der Waals surface area contributed by atoms with Gasteiger partial charge in [0, 0.05) is 31.8 Å². The van der Waals surface area contributed by atoms with Crippen LogP contribution in [0.4, 0.5) is 0 Å². The molecule has 4 rings (SSSR count). The molecule has 0 saturated heterocycles. The topological polar surface area (TPSA) is 82.6 Å². The van der Waals surface area contributed by atoms with E-state index in [2.05, 4.69) is 18.2 Å². The Hall–Kier alpha value is -3.56. The predicted molar refractivity (Wildman–Crippen MR) is 119 cm³/mol. The van der Waals surface area contributed by atoms with Crippen molar-refractivity contribution in [1.29, 1.82) is 5.26 Å². The Kier molecular flexibility index (Phi) is 5.53. The molecule has 0 bridgehead atoms. The quantitative estimate of drug-likeness (QED) is 0.822. The number of hydrazine groups is 1. The van der Waals surface area contributed by atoms with Gasteiger partial charge < -0.3 is 10.5 Å². The third-order valence-electron chi connectivity index (χ3n) is 6.06. The Morgan fingerprint density at radius 3 is 2.32 bits per heavy atom. The summed E-state index contributed by atoms with van der Waals surface area (Å²) < 4.78 is 5.27. The third-order valence-corrected chi connectivity index (χ3v) is 6.06. The van der Waals surface area contributed by atoms with Crippen LogP contribution in [0.25, 0.3) is 0 Å². The van der Waals surface area contributed by atoms with Crippen LogP contribution in [-0.2, 0) is 4.79 Å². The van der Waals surface area contributed by atoms with Crippen molar-refractivity contribution in [3.05, 3.63) is 88.4 Å². The van der Waals surface area contributed by atoms with Gasteiger partial charge in [-0.2, -0.15) is 5.26 Å². The molecule has 2 aromatic rings. The molecule has 6 nitrogen and oxygen atoms in total. The van der Waals surface area contributed by atoms with Gasteiger partial charge in [0.1, 0.15) is 11.6 Å². The molecule has 31 heavy (non-hydrogen) atoms.